The van der Waals surface area contributed by atoms with Crippen LogP contribution in [0.5, 0.6) is 0 Å². The summed E-state index contributed by atoms with van der Waals surface area (Å²) >= 11 is 7.52. The van der Waals surface area contributed by atoms with Crippen LogP contribution in [0.2, 0.25) is 5.02 Å². The number of anilines is 2. The Hall–Kier alpha value is -2.59. The lowest BCUT2D eigenvalue weighted by Gasteiger charge is -2.34. The Labute approximate surface area is 212 Å². The molecule has 2 aromatic heterocycles. The summed E-state index contributed by atoms with van der Waals surface area (Å²) in [5.41, 5.74) is 1.81. The van der Waals surface area contributed by atoms with Crippen LogP contribution in [0.1, 0.15) is 24.3 Å². The maximum atomic E-state index is 13.5. The van der Waals surface area contributed by atoms with Crippen molar-refractivity contribution < 1.29 is 13.9 Å². The predicted octanol–water partition coefficient (Wildman–Crippen LogP) is 4.78. The first-order valence-corrected chi connectivity index (χ1v) is 12.9. The minimum absolute atomic E-state index is 0.0212. The quantitative estimate of drug-likeness (QED) is 0.493. The molecule has 5 rings (SSSR count). The lowest BCUT2D eigenvalue weighted by atomic mass is 10.0. The molecule has 1 fully saturated rings. The SMILES string of the molecule is CC1CN(C/C=C/C(=O)N2CCc3c(sc4ncnc(Nc5ccc(F)c(Cl)c5)c34)C2)CC(C)O1. The van der Waals surface area contributed by atoms with Crippen LogP contribution in [0.4, 0.5) is 15.9 Å². The van der Waals surface area contributed by atoms with E-state index >= 15 is 0 Å². The Morgan fingerprint density at radius 3 is 2.89 bits per heavy atom. The van der Waals surface area contributed by atoms with Crippen molar-refractivity contribution in [3.63, 3.8) is 0 Å². The van der Waals surface area contributed by atoms with Crippen molar-refractivity contribution in [2.24, 2.45) is 0 Å². The molecule has 2 unspecified atom stereocenters. The Bertz CT molecular complexity index is 1270. The lowest BCUT2D eigenvalue weighted by Crippen LogP contribution is -2.45. The number of ether oxygens (including phenoxy) is 1. The van der Waals surface area contributed by atoms with E-state index in [1.54, 1.807) is 23.5 Å². The van der Waals surface area contributed by atoms with Crippen molar-refractivity contribution in [2.75, 3.05) is 31.5 Å². The number of carbonyl (C=O) groups excluding carboxylic acids is 1. The van der Waals surface area contributed by atoms with Crippen molar-refractivity contribution in [2.45, 2.75) is 39.0 Å². The van der Waals surface area contributed by atoms with E-state index in [0.717, 1.165) is 46.7 Å². The fraction of sp³-hybridized carbons (Fsp3) is 0.400. The molecule has 0 bridgehead atoms. The highest BCUT2D eigenvalue weighted by atomic mass is 35.5. The molecular weight excluding hydrogens is 489 g/mol. The summed E-state index contributed by atoms with van der Waals surface area (Å²) in [6.07, 6.45) is 6.29. The fourth-order valence-electron chi connectivity index (χ4n) is 4.76. The van der Waals surface area contributed by atoms with Crippen LogP contribution >= 0.6 is 22.9 Å². The summed E-state index contributed by atoms with van der Waals surface area (Å²) in [4.78, 5) is 27.9. The van der Waals surface area contributed by atoms with E-state index < -0.39 is 5.82 Å². The van der Waals surface area contributed by atoms with Gasteiger partial charge in [-0.1, -0.05) is 17.7 Å². The van der Waals surface area contributed by atoms with E-state index in [9.17, 15) is 9.18 Å². The van der Waals surface area contributed by atoms with E-state index in [-0.39, 0.29) is 23.1 Å². The molecule has 4 heterocycles. The number of carbonyl (C=O) groups is 1. The van der Waals surface area contributed by atoms with Gasteiger partial charge in [-0.3, -0.25) is 9.69 Å². The molecule has 35 heavy (non-hydrogen) atoms. The number of fused-ring (bicyclic) bond motifs is 3. The van der Waals surface area contributed by atoms with Gasteiger partial charge in [0, 0.05) is 42.8 Å². The monoisotopic (exact) mass is 515 g/mol. The van der Waals surface area contributed by atoms with Gasteiger partial charge in [-0.15, -0.1) is 11.3 Å². The van der Waals surface area contributed by atoms with Gasteiger partial charge in [0.05, 0.1) is 29.2 Å². The Kier molecular flexibility index (Phi) is 7.02. The van der Waals surface area contributed by atoms with Crippen molar-refractivity contribution in [1.29, 1.82) is 0 Å². The third kappa shape index (κ3) is 5.33. The first kappa shape index (κ1) is 24.1. The Balaban J connectivity index is 1.28. The standard InChI is InChI=1S/C25H27ClFN5O2S/c1-15-11-31(12-16(2)34-15)8-3-4-22(33)32-9-7-18-21(13-32)35-25-23(18)24(28-14-29-25)30-17-5-6-20(27)19(26)10-17/h3-6,10,14-16H,7-9,11-13H2,1-2H3,(H,28,29,30)/b4-3+. The number of hydrogen-bond acceptors (Lipinski definition) is 7. The fourth-order valence-corrected chi connectivity index (χ4v) is 6.15. The molecule has 10 heteroatoms. The van der Waals surface area contributed by atoms with Gasteiger partial charge >= 0.3 is 0 Å². The zero-order valence-electron chi connectivity index (χ0n) is 19.6. The van der Waals surface area contributed by atoms with Crippen LogP contribution in [0.3, 0.4) is 0 Å². The van der Waals surface area contributed by atoms with Gasteiger partial charge in [-0.2, -0.15) is 0 Å². The molecule has 1 aromatic carbocycles. The highest BCUT2D eigenvalue weighted by Crippen LogP contribution is 2.38. The largest absolute Gasteiger partial charge is 0.373 e. The number of nitrogens with zero attached hydrogens (tertiary/aromatic N) is 4. The molecule has 0 aliphatic carbocycles. The average Bonchev–Trinajstić information content (AvgIpc) is 3.19. The Morgan fingerprint density at radius 2 is 2.11 bits per heavy atom. The van der Waals surface area contributed by atoms with Crippen molar-refractivity contribution in [1.82, 2.24) is 19.8 Å². The molecule has 7 nitrogen and oxygen atoms in total. The molecule has 3 aromatic rings. The van der Waals surface area contributed by atoms with Crippen LogP contribution in [-0.2, 0) is 22.5 Å². The number of morpholine rings is 1. The van der Waals surface area contributed by atoms with Gasteiger partial charge in [0.2, 0.25) is 5.91 Å². The van der Waals surface area contributed by atoms with Crippen molar-refractivity contribution in [3.8, 4) is 0 Å². The van der Waals surface area contributed by atoms with Gasteiger partial charge in [-0.25, -0.2) is 14.4 Å². The van der Waals surface area contributed by atoms with Gasteiger partial charge < -0.3 is 15.0 Å². The first-order valence-electron chi connectivity index (χ1n) is 11.7. The molecule has 2 atom stereocenters. The molecule has 0 radical (unpaired) electrons. The molecule has 184 valence electrons. The molecule has 1 N–H and O–H groups in total. The summed E-state index contributed by atoms with van der Waals surface area (Å²) in [5.74, 6) is 0.211. The van der Waals surface area contributed by atoms with Gasteiger partial charge in [0.15, 0.2) is 0 Å². The third-order valence-electron chi connectivity index (χ3n) is 6.25. The molecule has 0 saturated carbocycles. The van der Waals surface area contributed by atoms with E-state index in [4.69, 9.17) is 16.3 Å². The van der Waals surface area contributed by atoms with Gasteiger partial charge in [0.1, 0.15) is 22.8 Å². The normalized spacial score (nSPS) is 21.0. The predicted molar refractivity (Wildman–Crippen MR) is 137 cm³/mol. The number of hydrogen-bond donors (Lipinski definition) is 1. The second-order valence-electron chi connectivity index (χ2n) is 9.05. The topological polar surface area (TPSA) is 70.6 Å². The van der Waals surface area contributed by atoms with Crippen LogP contribution in [0.25, 0.3) is 10.2 Å². The highest BCUT2D eigenvalue weighted by molar-refractivity contribution is 7.19. The zero-order valence-corrected chi connectivity index (χ0v) is 21.2. The van der Waals surface area contributed by atoms with Crippen molar-refractivity contribution in [3.05, 3.63) is 58.0 Å². The zero-order chi connectivity index (χ0) is 24.5. The number of halogens is 2. The number of benzene rings is 1. The van der Waals surface area contributed by atoms with E-state index in [0.29, 0.717) is 24.6 Å². The minimum Gasteiger partial charge on any atom is -0.373 e. The summed E-state index contributed by atoms with van der Waals surface area (Å²) < 4.78 is 19.3. The maximum Gasteiger partial charge on any atom is 0.246 e. The van der Waals surface area contributed by atoms with E-state index in [1.165, 1.54) is 18.5 Å². The number of aromatic nitrogens is 2. The number of rotatable bonds is 5. The highest BCUT2D eigenvalue weighted by Gasteiger charge is 2.26. The second kappa shape index (κ2) is 10.2. The Morgan fingerprint density at radius 1 is 1.31 bits per heavy atom. The third-order valence-corrected chi connectivity index (χ3v) is 7.66. The van der Waals surface area contributed by atoms with Gasteiger partial charge in [0.25, 0.3) is 0 Å². The minimum atomic E-state index is -0.467. The average molecular weight is 516 g/mol. The smallest absolute Gasteiger partial charge is 0.246 e. The van der Waals surface area contributed by atoms with Crippen LogP contribution in [0, 0.1) is 5.82 Å². The maximum absolute atomic E-state index is 13.5. The molecular formula is C25H27ClFN5O2S. The van der Waals surface area contributed by atoms with Crippen LogP contribution < -0.4 is 5.32 Å². The van der Waals surface area contributed by atoms with E-state index in [1.807, 2.05) is 11.0 Å². The number of nitrogens with one attached hydrogen (secondary N) is 1. The molecule has 2 aliphatic heterocycles. The summed E-state index contributed by atoms with van der Waals surface area (Å²) in [5, 5.41) is 4.25. The van der Waals surface area contributed by atoms with Gasteiger partial charge in [-0.05, 0) is 44.0 Å². The number of amides is 1. The second-order valence-corrected chi connectivity index (χ2v) is 10.5. The summed E-state index contributed by atoms with van der Waals surface area (Å²) in [6, 6.07) is 4.48. The molecule has 2 aliphatic rings. The summed E-state index contributed by atoms with van der Waals surface area (Å²) in [6.45, 7) is 7.82. The van der Waals surface area contributed by atoms with Crippen LogP contribution in [-0.4, -0.2) is 64.1 Å². The molecule has 1 saturated heterocycles. The van der Waals surface area contributed by atoms with E-state index in [2.05, 4.69) is 34.0 Å². The number of thiophene rings is 1. The van der Waals surface area contributed by atoms with Crippen molar-refractivity contribution >= 4 is 50.6 Å². The van der Waals surface area contributed by atoms with Crippen LogP contribution in [0.15, 0.2) is 36.7 Å². The first-order chi connectivity index (χ1) is 16.9. The molecule has 1 amide bonds. The molecule has 0 spiro atoms. The lowest BCUT2D eigenvalue weighted by molar-refractivity contribution is -0.126. The summed E-state index contributed by atoms with van der Waals surface area (Å²) in [7, 11) is 0.